The van der Waals surface area contributed by atoms with Crippen molar-refractivity contribution in [2.75, 3.05) is 0 Å². The largest absolute Gasteiger partial charge is 2.00 e. The van der Waals surface area contributed by atoms with Crippen LogP contribution in [0.4, 0.5) is 0 Å². The summed E-state index contributed by atoms with van der Waals surface area (Å²) in [5.74, 6) is 0.434. The van der Waals surface area contributed by atoms with Gasteiger partial charge in [-0.05, 0) is 147 Å². The Kier molecular flexibility index (Phi) is 22.0. The third-order valence-electron chi connectivity index (χ3n) is 11.3. The first-order valence-electron chi connectivity index (χ1n) is 23.6. The van der Waals surface area contributed by atoms with Gasteiger partial charge in [-0.25, -0.2) is 4.98 Å². The van der Waals surface area contributed by atoms with Gasteiger partial charge < -0.3 is 15.1 Å². The molecule has 0 amide bonds. The van der Waals surface area contributed by atoms with Crippen molar-refractivity contribution in [3.05, 3.63) is 166 Å². The number of aryl methyl sites for hydroxylation is 4. The van der Waals surface area contributed by atoms with Crippen molar-refractivity contribution in [3.63, 3.8) is 0 Å². The number of carbonyl (C=O) groups is 1. The zero-order valence-electron chi connectivity index (χ0n) is 40.3. The quantitative estimate of drug-likeness (QED) is 0.0199. The Morgan fingerprint density at radius 2 is 1.06 bits per heavy atom. The molecule has 8 aromatic heterocycles. The maximum atomic E-state index is 10.5. The summed E-state index contributed by atoms with van der Waals surface area (Å²) in [4.78, 5) is 39.6. The van der Waals surface area contributed by atoms with Crippen molar-refractivity contribution in [1.29, 1.82) is 0 Å². The Morgan fingerprint density at radius 1 is 0.563 bits per heavy atom. The van der Waals surface area contributed by atoms with Crippen LogP contribution in [0.15, 0.2) is 134 Å². The van der Waals surface area contributed by atoms with Gasteiger partial charge in [0.2, 0.25) is 0 Å². The summed E-state index contributed by atoms with van der Waals surface area (Å²) in [7, 11) is 0. The average molecular weight is 1120 g/mol. The van der Waals surface area contributed by atoms with Crippen LogP contribution in [-0.4, -0.2) is 31.6 Å². The van der Waals surface area contributed by atoms with Gasteiger partial charge in [0.25, 0.3) is 6.47 Å². The number of pyridine rings is 4. The number of rotatable bonds is 19. The molecule has 7 nitrogen and oxygen atoms in total. The summed E-state index contributed by atoms with van der Waals surface area (Å²) in [5, 5.41) is 8.47. The van der Waals surface area contributed by atoms with Crippen molar-refractivity contribution < 1.29 is 29.0 Å². The molecule has 9 aromatic rings. The second kappa shape index (κ2) is 28.5. The summed E-state index contributed by atoms with van der Waals surface area (Å²) >= 11 is 11.4. The number of isothiocyanates is 1. The Bertz CT molecular complexity index is 3000. The van der Waals surface area contributed by atoms with E-state index in [0.717, 1.165) is 33.8 Å². The Balaban J connectivity index is 0.000000257. The molecule has 71 heavy (non-hydrogen) atoms. The molecular weight excluding hydrogens is 1060 g/mol. The third kappa shape index (κ3) is 16.0. The van der Waals surface area contributed by atoms with Crippen LogP contribution in [0.2, 0.25) is 0 Å². The summed E-state index contributed by atoms with van der Waals surface area (Å²) in [5.41, 5.74) is 9.56. The van der Waals surface area contributed by atoms with Gasteiger partial charge in [-0.3, -0.25) is 14.8 Å². The second-order valence-corrected chi connectivity index (χ2v) is 21.4. The van der Waals surface area contributed by atoms with E-state index in [1.807, 2.05) is 95.7 Å². The first-order valence-corrected chi connectivity index (χ1v) is 27.3. The van der Waals surface area contributed by atoms with Gasteiger partial charge in [0.1, 0.15) is 5.75 Å². The number of aromatic nitrogens is 4. The van der Waals surface area contributed by atoms with Crippen LogP contribution in [0, 0.1) is 19.9 Å². The topological polar surface area (TPSA) is 100 Å². The van der Waals surface area contributed by atoms with Crippen molar-refractivity contribution in [1.82, 2.24) is 19.9 Å². The number of nitrogens with zero attached hydrogens (tertiary/aromatic N) is 5. The number of unbranched alkanes of at least 4 members (excludes halogenated alkanes) is 6. The number of hydrogen-bond donors (Lipinski definition) is 0. The summed E-state index contributed by atoms with van der Waals surface area (Å²) in [6.45, 7) is 8.95. The van der Waals surface area contributed by atoms with E-state index in [1.54, 1.807) is 24.5 Å². The number of hydrogen-bond acceptors (Lipinski definition) is 11. The van der Waals surface area contributed by atoms with Gasteiger partial charge in [0.05, 0.1) is 22.8 Å². The van der Waals surface area contributed by atoms with Crippen LogP contribution in [0.25, 0.3) is 79.8 Å². The number of ether oxygens (including phenoxy) is 1. The van der Waals surface area contributed by atoms with Gasteiger partial charge in [-0.1, -0.05) is 76.2 Å². The third-order valence-corrected chi connectivity index (χ3v) is 16.3. The molecule has 0 spiro atoms. The van der Waals surface area contributed by atoms with Crippen LogP contribution < -0.4 is 4.74 Å². The van der Waals surface area contributed by atoms with Crippen LogP contribution in [0.3, 0.4) is 0 Å². The molecule has 0 unspecified atom stereocenters. The van der Waals surface area contributed by atoms with Crippen molar-refractivity contribution in [2.45, 2.75) is 91.9 Å². The molecule has 0 saturated carbocycles. The molecule has 362 valence electrons. The summed E-state index contributed by atoms with van der Waals surface area (Å²) in [6, 6.07) is 43.7. The minimum atomic E-state index is 0. The monoisotopic (exact) mass is 1120 g/mol. The summed E-state index contributed by atoms with van der Waals surface area (Å²) in [6.07, 6.45) is 18.2. The number of carbonyl (C=O) groups excluding carboxylic acids is 1. The molecule has 0 N–H and O–H groups in total. The maximum Gasteiger partial charge on any atom is 2.00 e. The fourth-order valence-electron chi connectivity index (χ4n) is 7.78. The van der Waals surface area contributed by atoms with E-state index in [4.69, 9.17) is 15.1 Å². The Labute approximate surface area is 452 Å². The average Bonchev–Trinajstić information content (AvgIpc) is 4.24. The fraction of sp³-hybridized carbons (Fsp3) is 0.241. The molecule has 0 bridgehead atoms. The van der Waals surface area contributed by atoms with Crippen molar-refractivity contribution in [3.8, 4) is 80.2 Å². The van der Waals surface area contributed by atoms with E-state index >= 15 is 0 Å². The Morgan fingerprint density at radius 3 is 1.63 bits per heavy atom. The molecule has 0 radical (unpaired) electrons. The van der Waals surface area contributed by atoms with E-state index in [0.29, 0.717) is 23.6 Å². The molecule has 9 rings (SSSR count). The number of thiophene rings is 4. The van der Waals surface area contributed by atoms with E-state index in [9.17, 15) is 4.79 Å². The SMILES string of the molecule is CCCCCCc1ccc(-c2ccc(-c3cc[c-]c(-c4cc(-c5ccc(-c6ccc(CCCCCC)s6)s5)ccn4)c3)s2)s1.Cc1ccnc(-c2cc(C)cc(-c3cc(OC=O)ccn3)n2)c1.[N-]=C=S.[Ru+2]. The van der Waals surface area contributed by atoms with E-state index in [-0.39, 0.29) is 19.5 Å². The molecule has 0 aliphatic carbocycles. The molecular formula is C58H55N5O2RuS5. The predicted molar refractivity (Wildman–Crippen MR) is 300 cm³/mol. The van der Waals surface area contributed by atoms with E-state index in [1.165, 1.54) is 120 Å². The molecule has 0 atom stereocenters. The van der Waals surface area contributed by atoms with Crippen LogP contribution >= 0.6 is 57.6 Å². The molecule has 8 heterocycles. The fourth-order valence-corrected chi connectivity index (χ4v) is 12.1. The molecule has 0 saturated heterocycles. The minimum absolute atomic E-state index is 0. The van der Waals surface area contributed by atoms with Crippen LogP contribution in [0.5, 0.6) is 5.75 Å². The van der Waals surface area contributed by atoms with Crippen molar-refractivity contribution >= 4 is 69.2 Å². The predicted octanol–water partition coefficient (Wildman–Crippen LogP) is 17.7. The van der Waals surface area contributed by atoms with Gasteiger partial charge in [-0.2, -0.15) is 5.16 Å². The first-order chi connectivity index (χ1) is 34.3. The second-order valence-electron chi connectivity index (χ2n) is 16.7. The van der Waals surface area contributed by atoms with Crippen LogP contribution in [-0.2, 0) is 37.1 Å². The van der Waals surface area contributed by atoms with E-state index < -0.39 is 0 Å². The van der Waals surface area contributed by atoms with Crippen LogP contribution in [0.1, 0.15) is 86.1 Å². The number of thiocarbonyl (C=S) groups is 1. The van der Waals surface area contributed by atoms with Gasteiger partial charge in [-0.15, -0.1) is 75.2 Å². The zero-order chi connectivity index (χ0) is 49.1. The standard InChI is InChI=1S/C39H40NS4.C18H15N3O2.CNS.Ru/c1-3-5-7-9-14-31-16-18-36(41-31)38-22-20-34(43-38)29-13-11-12-28(26-29)33-27-30(24-25-40-33)35-21-23-39(44-35)37-19-17-32(42-37)15-10-8-6-4-2;1-12-3-5-19-15(7-12)17-8-13(2)9-18(21-17)16-10-14(23-11-22)4-6-20-16;2-1-3;/h11,13,16-27H,3-10,14-15H2,1-2H3;3-11H,1-2H3;;/q-1;;-1;+2. The first kappa shape index (κ1) is 54.8. The molecule has 1 aromatic carbocycles. The molecule has 0 fully saturated rings. The van der Waals surface area contributed by atoms with Gasteiger partial charge in [0, 0.05) is 63.7 Å². The van der Waals surface area contributed by atoms with Crippen molar-refractivity contribution in [2.24, 2.45) is 0 Å². The minimum Gasteiger partial charge on any atom is -0.753 e. The number of benzene rings is 1. The summed E-state index contributed by atoms with van der Waals surface area (Å²) < 4.78 is 4.87. The van der Waals surface area contributed by atoms with Gasteiger partial charge in [0.15, 0.2) is 0 Å². The molecule has 13 heteroatoms. The van der Waals surface area contributed by atoms with E-state index in [2.05, 4.69) is 120 Å². The normalized spacial score (nSPS) is 10.5. The molecule has 0 aliphatic rings. The molecule has 0 aliphatic heterocycles. The van der Waals surface area contributed by atoms with Gasteiger partial charge >= 0.3 is 19.5 Å². The maximum absolute atomic E-state index is 10.5. The smallest absolute Gasteiger partial charge is 0.753 e. The zero-order valence-corrected chi connectivity index (χ0v) is 46.1. The Hall–Kier alpha value is -5.49.